The Morgan fingerprint density at radius 3 is 2.42 bits per heavy atom. The Morgan fingerprint density at radius 2 is 2.00 bits per heavy atom. The number of hydrogen-bond acceptors (Lipinski definition) is 3. The van der Waals surface area contributed by atoms with E-state index in [1.807, 2.05) is 0 Å². The minimum Gasteiger partial charge on any atom is -0.377 e. The number of ether oxygens (including phenoxy) is 1. The van der Waals surface area contributed by atoms with Crippen LogP contribution in [0.15, 0.2) is 0 Å². The zero-order valence-electron chi connectivity index (χ0n) is 11.4. The van der Waals surface area contributed by atoms with Crippen LogP contribution in [0.2, 0.25) is 0 Å². The van der Waals surface area contributed by atoms with Crippen LogP contribution in [0, 0.1) is 5.41 Å². The van der Waals surface area contributed by atoms with Crippen LogP contribution in [0.1, 0.15) is 33.6 Å². The van der Waals surface area contributed by atoms with Gasteiger partial charge in [-0.3, -0.25) is 10.1 Å². The van der Waals surface area contributed by atoms with Gasteiger partial charge in [-0.15, -0.1) is 0 Å². The van der Waals surface area contributed by atoms with E-state index in [1.54, 1.807) is 20.8 Å². The molecule has 19 heavy (non-hydrogen) atoms. The molecule has 2 atom stereocenters. The summed E-state index contributed by atoms with van der Waals surface area (Å²) in [6.45, 7) is 6.72. The van der Waals surface area contributed by atoms with Crippen LogP contribution in [-0.4, -0.2) is 35.1 Å². The van der Waals surface area contributed by atoms with E-state index in [2.05, 4.69) is 10.6 Å². The first-order valence-electron chi connectivity index (χ1n) is 6.33. The molecule has 112 valence electrons. The topological polar surface area (TPSA) is 50.4 Å². The molecule has 4 nitrogen and oxygen atoms in total. The lowest BCUT2D eigenvalue weighted by Crippen LogP contribution is -2.57. The fraction of sp³-hybridized carbons (Fsp3) is 0.917. The second kappa shape index (κ2) is 6.81. The number of hydrogen-bond donors (Lipinski definition) is 2. The maximum Gasteiger partial charge on any atom is 0.226 e. The summed E-state index contributed by atoms with van der Waals surface area (Å²) in [6.07, 6.45) is 1.39. The van der Waals surface area contributed by atoms with Gasteiger partial charge in [-0.1, -0.05) is 55.6 Å². The van der Waals surface area contributed by atoms with Gasteiger partial charge < -0.3 is 10.1 Å². The molecule has 0 unspecified atom stereocenters. The van der Waals surface area contributed by atoms with Crippen molar-refractivity contribution in [2.45, 2.75) is 49.7 Å². The lowest BCUT2D eigenvalue weighted by Gasteiger charge is -2.30. The van der Waals surface area contributed by atoms with Crippen molar-refractivity contribution >= 4 is 40.7 Å². The Kier molecular flexibility index (Phi) is 6.21. The van der Waals surface area contributed by atoms with Crippen LogP contribution in [0.25, 0.3) is 0 Å². The Labute approximate surface area is 129 Å². The van der Waals surface area contributed by atoms with Crippen LogP contribution in [0.3, 0.4) is 0 Å². The lowest BCUT2D eigenvalue weighted by atomic mass is 9.95. The van der Waals surface area contributed by atoms with Crippen molar-refractivity contribution in [3.05, 3.63) is 0 Å². The molecule has 0 aliphatic carbocycles. The first kappa shape index (κ1) is 17.3. The average Bonchev–Trinajstić information content (AvgIpc) is 2.73. The average molecular weight is 332 g/mol. The zero-order chi connectivity index (χ0) is 14.7. The summed E-state index contributed by atoms with van der Waals surface area (Å²) in [6, 6.07) is 0. The van der Waals surface area contributed by atoms with E-state index in [1.165, 1.54) is 0 Å². The summed E-state index contributed by atoms with van der Waals surface area (Å²) in [7, 11) is 0. The fourth-order valence-corrected chi connectivity index (χ4v) is 2.05. The Bertz CT molecular complexity index is 307. The maximum atomic E-state index is 12.0. The third-order valence-electron chi connectivity index (χ3n) is 2.86. The molecule has 1 fully saturated rings. The van der Waals surface area contributed by atoms with Gasteiger partial charge in [0, 0.05) is 18.6 Å². The molecule has 1 heterocycles. The van der Waals surface area contributed by atoms with Crippen molar-refractivity contribution in [2.24, 2.45) is 5.41 Å². The molecule has 0 saturated carbocycles. The van der Waals surface area contributed by atoms with Crippen LogP contribution < -0.4 is 10.6 Å². The number of carbonyl (C=O) groups is 1. The summed E-state index contributed by atoms with van der Waals surface area (Å²) in [5.41, 5.74) is -0.542. The van der Waals surface area contributed by atoms with Crippen molar-refractivity contribution in [1.29, 1.82) is 0 Å². The third kappa shape index (κ3) is 6.05. The van der Waals surface area contributed by atoms with Crippen molar-refractivity contribution in [2.75, 3.05) is 13.2 Å². The van der Waals surface area contributed by atoms with E-state index in [9.17, 15) is 4.79 Å². The molecule has 0 spiro atoms. The minimum atomic E-state index is -1.61. The molecule has 0 radical (unpaired) electrons. The zero-order valence-corrected chi connectivity index (χ0v) is 13.7. The molecule has 1 saturated heterocycles. The SMILES string of the molecule is CC(C)(C)C(=O)N[C@@H](NC[C@H]1CCCO1)C(Cl)(Cl)Cl. The van der Waals surface area contributed by atoms with Gasteiger partial charge >= 0.3 is 0 Å². The highest BCUT2D eigenvalue weighted by Crippen LogP contribution is 2.30. The largest absolute Gasteiger partial charge is 0.377 e. The monoisotopic (exact) mass is 330 g/mol. The Hall–Kier alpha value is 0.260. The highest BCUT2D eigenvalue weighted by molar-refractivity contribution is 6.68. The van der Waals surface area contributed by atoms with Gasteiger partial charge in [-0.25, -0.2) is 0 Å². The van der Waals surface area contributed by atoms with Gasteiger partial charge in [0.15, 0.2) is 0 Å². The highest BCUT2D eigenvalue weighted by atomic mass is 35.6. The van der Waals surface area contributed by atoms with Gasteiger partial charge in [0.2, 0.25) is 9.70 Å². The Balaban J connectivity index is 2.54. The number of rotatable bonds is 4. The summed E-state index contributed by atoms with van der Waals surface area (Å²) < 4.78 is 3.87. The van der Waals surface area contributed by atoms with E-state index in [-0.39, 0.29) is 12.0 Å². The van der Waals surface area contributed by atoms with Crippen LogP contribution in [-0.2, 0) is 9.53 Å². The summed E-state index contributed by atoms with van der Waals surface area (Å²) in [5.74, 6) is -0.177. The molecule has 0 aromatic carbocycles. The number of amides is 1. The van der Waals surface area contributed by atoms with E-state index >= 15 is 0 Å². The predicted octanol–water partition coefficient (Wildman–Crippen LogP) is 2.61. The number of alkyl halides is 3. The molecule has 0 bridgehead atoms. The van der Waals surface area contributed by atoms with E-state index in [4.69, 9.17) is 39.5 Å². The van der Waals surface area contributed by atoms with E-state index < -0.39 is 15.4 Å². The third-order valence-corrected chi connectivity index (χ3v) is 3.51. The molecular formula is C12H21Cl3N2O2. The molecule has 1 amide bonds. The molecule has 1 rings (SSSR count). The minimum absolute atomic E-state index is 0.112. The standard InChI is InChI=1S/C12H21Cl3N2O2/c1-11(2,3)10(18)17-9(12(13,14)15)16-7-8-5-4-6-19-8/h8-9,16H,4-7H2,1-3H3,(H,17,18)/t8-,9-/m1/s1. The molecule has 0 aromatic heterocycles. The van der Waals surface area contributed by atoms with Gasteiger partial charge in [0.05, 0.1) is 6.10 Å². The number of halogens is 3. The smallest absolute Gasteiger partial charge is 0.226 e. The number of nitrogens with one attached hydrogen (secondary N) is 2. The number of carbonyl (C=O) groups excluding carboxylic acids is 1. The Morgan fingerprint density at radius 1 is 1.37 bits per heavy atom. The molecule has 7 heteroatoms. The van der Waals surface area contributed by atoms with E-state index in [0.29, 0.717) is 6.54 Å². The summed E-state index contributed by atoms with van der Waals surface area (Å²) in [5, 5.41) is 5.77. The summed E-state index contributed by atoms with van der Waals surface area (Å²) in [4.78, 5) is 12.0. The van der Waals surface area contributed by atoms with Crippen molar-refractivity contribution < 1.29 is 9.53 Å². The van der Waals surface area contributed by atoms with Crippen LogP contribution in [0.4, 0.5) is 0 Å². The molecule has 0 aromatic rings. The van der Waals surface area contributed by atoms with Crippen molar-refractivity contribution in [1.82, 2.24) is 10.6 Å². The summed E-state index contributed by atoms with van der Waals surface area (Å²) >= 11 is 17.7. The van der Waals surface area contributed by atoms with Gasteiger partial charge in [-0.05, 0) is 12.8 Å². The quantitative estimate of drug-likeness (QED) is 0.615. The van der Waals surface area contributed by atoms with Crippen LogP contribution in [0.5, 0.6) is 0 Å². The normalized spacial score (nSPS) is 22.3. The molecule has 1 aliphatic rings. The first-order chi connectivity index (χ1) is 8.60. The van der Waals surface area contributed by atoms with E-state index in [0.717, 1.165) is 19.4 Å². The predicted molar refractivity (Wildman–Crippen MR) is 78.7 cm³/mol. The van der Waals surface area contributed by atoms with Crippen molar-refractivity contribution in [3.8, 4) is 0 Å². The fourth-order valence-electron chi connectivity index (χ4n) is 1.65. The second-order valence-electron chi connectivity index (χ2n) is 5.74. The lowest BCUT2D eigenvalue weighted by molar-refractivity contribution is -0.129. The highest BCUT2D eigenvalue weighted by Gasteiger charge is 2.36. The van der Waals surface area contributed by atoms with Crippen molar-refractivity contribution in [3.63, 3.8) is 0 Å². The maximum absolute atomic E-state index is 12.0. The van der Waals surface area contributed by atoms with Gasteiger partial charge in [-0.2, -0.15) is 0 Å². The second-order valence-corrected chi connectivity index (χ2v) is 8.11. The van der Waals surface area contributed by atoms with Gasteiger partial charge in [0.1, 0.15) is 6.17 Å². The first-order valence-corrected chi connectivity index (χ1v) is 7.47. The molecule has 2 N–H and O–H groups in total. The van der Waals surface area contributed by atoms with Crippen LogP contribution >= 0.6 is 34.8 Å². The molecular weight excluding hydrogens is 311 g/mol. The van der Waals surface area contributed by atoms with Gasteiger partial charge in [0.25, 0.3) is 0 Å². The molecule has 1 aliphatic heterocycles.